The number of nitrogens with zero attached hydrogens (tertiary/aromatic N) is 2. The molecule has 1 spiro atoms. The van der Waals surface area contributed by atoms with Crippen LogP contribution in [0.5, 0.6) is 0 Å². The van der Waals surface area contributed by atoms with Crippen LogP contribution in [0.2, 0.25) is 0 Å². The van der Waals surface area contributed by atoms with Crippen molar-refractivity contribution < 1.29 is 14.3 Å². The van der Waals surface area contributed by atoms with Crippen molar-refractivity contribution in [3.63, 3.8) is 0 Å². The van der Waals surface area contributed by atoms with Crippen LogP contribution in [0.3, 0.4) is 0 Å². The van der Waals surface area contributed by atoms with Crippen LogP contribution in [0.15, 0.2) is 30.3 Å². The molecular weight excluding hydrogens is 402 g/mol. The number of amides is 2. The molecule has 168 valence electrons. The number of para-hydroxylation sites is 1. The summed E-state index contributed by atoms with van der Waals surface area (Å²) in [5, 5.41) is 12.1. The van der Waals surface area contributed by atoms with E-state index in [9.17, 15) is 14.9 Å². The van der Waals surface area contributed by atoms with Gasteiger partial charge in [-0.2, -0.15) is 5.26 Å². The maximum Gasteiger partial charge on any atom is 0.411 e. The molecule has 6 nitrogen and oxygen atoms in total. The molecule has 2 amide bonds. The number of anilines is 1. The molecule has 5 fully saturated rings. The Balaban J connectivity index is 0.988. The Morgan fingerprint density at radius 3 is 2.59 bits per heavy atom. The Kier molecular flexibility index (Phi) is 4.54. The van der Waals surface area contributed by atoms with Crippen molar-refractivity contribution in [2.75, 3.05) is 11.9 Å². The summed E-state index contributed by atoms with van der Waals surface area (Å²) in [6, 6.07) is 11.5. The second-order valence-electron chi connectivity index (χ2n) is 10.9. The Labute approximate surface area is 189 Å². The van der Waals surface area contributed by atoms with Crippen molar-refractivity contribution >= 4 is 17.7 Å². The Morgan fingerprint density at radius 2 is 1.91 bits per heavy atom. The first-order valence-electron chi connectivity index (χ1n) is 12.3. The zero-order valence-corrected chi connectivity index (χ0v) is 18.5. The fourth-order valence-electron chi connectivity index (χ4n) is 7.89. The molecule has 6 heteroatoms. The van der Waals surface area contributed by atoms with Gasteiger partial charge in [0.05, 0.1) is 6.07 Å². The summed E-state index contributed by atoms with van der Waals surface area (Å²) in [5.41, 5.74) is 1.65. The monoisotopic (exact) mass is 433 g/mol. The zero-order chi connectivity index (χ0) is 21.9. The lowest BCUT2D eigenvalue weighted by Gasteiger charge is -2.25. The number of ether oxygens (including phenoxy) is 1. The molecule has 32 heavy (non-hydrogen) atoms. The third-order valence-corrected chi connectivity index (χ3v) is 9.50. The van der Waals surface area contributed by atoms with Gasteiger partial charge >= 0.3 is 6.09 Å². The van der Waals surface area contributed by atoms with E-state index < -0.39 is 0 Å². The first kappa shape index (κ1) is 20.1. The van der Waals surface area contributed by atoms with Gasteiger partial charge in [-0.3, -0.25) is 10.1 Å². The van der Waals surface area contributed by atoms with Crippen molar-refractivity contribution in [1.82, 2.24) is 4.90 Å². The van der Waals surface area contributed by atoms with Gasteiger partial charge in [-0.05, 0) is 92.1 Å². The maximum atomic E-state index is 12.7. The number of benzene rings is 1. The molecule has 0 aromatic heterocycles. The number of nitriles is 1. The van der Waals surface area contributed by atoms with E-state index in [1.165, 1.54) is 19.3 Å². The molecule has 6 rings (SSSR count). The highest BCUT2D eigenvalue weighted by Gasteiger charge is 2.88. The average Bonchev–Trinajstić information content (AvgIpc) is 3.30. The van der Waals surface area contributed by atoms with Gasteiger partial charge in [0.15, 0.2) is 0 Å². The summed E-state index contributed by atoms with van der Waals surface area (Å²) in [6.45, 7) is 0.752. The zero-order valence-electron chi connectivity index (χ0n) is 18.5. The van der Waals surface area contributed by atoms with Gasteiger partial charge in [0.2, 0.25) is 5.91 Å². The van der Waals surface area contributed by atoms with E-state index in [1.54, 1.807) is 0 Å². The molecule has 1 aromatic rings. The molecule has 1 aromatic carbocycles. The third kappa shape index (κ3) is 3.04. The summed E-state index contributed by atoms with van der Waals surface area (Å²) in [5.74, 6) is 2.32. The van der Waals surface area contributed by atoms with Gasteiger partial charge in [0.1, 0.15) is 12.1 Å². The van der Waals surface area contributed by atoms with Gasteiger partial charge in [-0.15, -0.1) is 0 Å². The molecule has 0 bridgehead atoms. The Hall–Kier alpha value is -2.55. The van der Waals surface area contributed by atoms with Crippen molar-refractivity contribution in [2.24, 2.45) is 28.6 Å². The lowest BCUT2D eigenvalue weighted by Crippen LogP contribution is -2.34. The van der Waals surface area contributed by atoms with E-state index in [4.69, 9.17) is 4.74 Å². The molecule has 5 aliphatic rings. The lowest BCUT2D eigenvalue weighted by molar-refractivity contribution is -0.131. The van der Waals surface area contributed by atoms with Gasteiger partial charge in [0, 0.05) is 18.7 Å². The van der Waals surface area contributed by atoms with Crippen LogP contribution < -0.4 is 5.32 Å². The van der Waals surface area contributed by atoms with Crippen molar-refractivity contribution in [3.8, 4) is 6.07 Å². The number of hydrogen-bond acceptors (Lipinski definition) is 4. The van der Waals surface area contributed by atoms with E-state index in [2.05, 4.69) is 11.4 Å². The molecule has 1 aliphatic heterocycles. The summed E-state index contributed by atoms with van der Waals surface area (Å²) in [4.78, 5) is 26.8. The fourth-order valence-corrected chi connectivity index (χ4v) is 7.89. The average molecular weight is 434 g/mol. The topological polar surface area (TPSA) is 82.4 Å². The van der Waals surface area contributed by atoms with Gasteiger partial charge in [-0.1, -0.05) is 18.2 Å². The quantitative estimate of drug-likeness (QED) is 0.728. The Morgan fingerprint density at radius 1 is 1.16 bits per heavy atom. The smallest absolute Gasteiger partial charge is 0.411 e. The standard InChI is InChI=1S/C26H31N3O3/c27-16-20-7-4-10-29(20)23(30)8-9-25-15-22(25)26(25)13-17-11-21(12-18(17)14-26)32-24(31)28-19-5-2-1-3-6-19/h1-3,5-6,17-18,20-22H,4,7-15H2,(H,28,31)/t17-,18+,20-,21?,22?,25?,26?/m0/s1. The largest absolute Gasteiger partial charge is 0.446 e. The van der Waals surface area contributed by atoms with E-state index >= 15 is 0 Å². The third-order valence-electron chi connectivity index (χ3n) is 9.50. The van der Waals surface area contributed by atoms with Crippen LogP contribution in [-0.4, -0.2) is 35.6 Å². The normalized spacial score (nSPS) is 40.5. The molecule has 4 aliphatic carbocycles. The van der Waals surface area contributed by atoms with Crippen molar-refractivity contribution in [1.29, 1.82) is 5.26 Å². The second kappa shape index (κ2) is 7.23. The summed E-state index contributed by atoms with van der Waals surface area (Å²) in [6.07, 6.45) is 8.83. The number of hydrogen-bond donors (Lipinski definition) is 1. The predicted octanol–water partition coefficient (Wildman–Crippen LogP) is 4.72. The summed E-state index contributed by atoms with van der Waals surface area (Å²) >= 11 is 0. The highest BCUT2D eigenvalue weighted by molar-refractivity contribution is 5.84. The van der Waals surface area contributed by atoms with Crippen molar-refractivity contribution in [2.45, 2.75) is 69.9 Å². The van der Waals surface area contributed by atoms with Crippen LogP contribution >= 0.6 is 0 Å². The number of rotatable bonds is 5. The minimum absolute atomic E-state index is 0.0248. The maximum absolute atomic E-state index is 12.7. The highest BCUT2D eigenvalue weighted by Crippen LogP contribution is 2.95. The number of likely N-dealkylation sites (tertiary alicyclic amines) is 1. The van der Waals surface area contributed by atoms with Crippen LogP contribution in [0.4, 0.5) is 10.5 Å². The van der Waals surface area contributed by atoms with Crippen LogP contribution in [-0.2, 0) is 9.53 Å². The van der Waals surface area contributed by atoms with E-state index in [0.717, 1.165) is 50.3 Å². The van der Waals surface area contributed by atoms with E-state index in [0.29, 0.717) is 29.1 Å². The van der Waals surface area contributed by atoms with Gasteiger partial charge in [-0.25, -0.2) is 4.79 Å². The molecule has 1 N–H and O–H groups in total. The molecule has 4 unspecified atom stereocenters. The second-order valence-corrected chi connectivity index (χ2v) is 10.9. The molecular formula is C26H31N3O3. The first-order chi connectivity index (χ1) is 15.5. The summed E-state index contributed by atoms with van der Waals surface area (Å²) < 4.78 is 5.73. The first-order valence-corrected chi connectivity index (χ1v) is 12.3. The molecule has 4 saturated carbocycles. The minimum Gasteiger partial charge on any atom is -0.446 e. The number of carbonyl (C=O) groups excluding carboxylic acids is 2. The van der Waals surface area contributed by atoms with Crippen LogP contribution in [0, 0.1) is 39.9 Å². The Bertz CT molecular complexity index is 958. The number of nitrogens with one attached hydrogen (secondary N) is 1. The lowest BCUT2D eigenvalue weighted by atomic mass is 9.81. The van der Waals surface area contributed by atoms with E-state index in [1.807, 2.05) is 35.2 Å². The summed E-state index contributed by atoms with van der Waals surface area (Å²) in [7, 11) is 0. The molecule has 1 heterocycles. The molecule has 0 radical (unpaired) electrons. The van der Waals surface area contributed by atoms with Gasteiger partial charge in [0.25, 0.3) is 0 Å². The van der Waals surface area contributed by atoms with Crippen LogP contribution in [0.25, 0.3) is 0 Å². The SMILES string of the molecule is N#C[C@@H]1CCCN1C(=O)CCC12CC1C21C[C@H]2CC(OC(=O)Nc3ccccc3)C[C@H]2C1. The number of fused-ring (bicyclic) bond motifs is 4. The van der Waals surface area contributed by atoms with E-state index in [-0.39, 0.29) is 24.1 Å². The predicted molar refractivity (Wildman–Crippen MR) is 118 cm³/mol. The van der Waals surface area contributed by atoms with Crippen molar-refractivity contribution in [3.05, 3.63) is 30.3 Å². The highest BCUT2D eigenvalue weighted by atomic mass is 16.6. The molecule has 7 atom stereocenters. The minimum atomic E-state index is -0.349. The number of carbonyl (C=O) groups is 2. The fraction of sp³-hybridized carbons (Fsp3) is 0.654. The van der Waals surface area contributed by atoms with Crippen LogP contribution in [0.1, 0.15) is 57.8 Å². The molecule has 1 saturated heterocycles. The van der Waals surface area contributed by atoms with Gasteiger partial charge < -0.3 is 9.64 Å².